The molecule has 4 heteroatoms. The fraction of sp³-hybridized carbons (Fsp3) is 0.769. The van der Waals surface area contributed by atoms with Gasteiger partial charge in [-0.2, -0.15) is 0 Å². The molecule has 2 fully saturated rings. The van der Waals surface area contributed by atoms with Crippen LogP contribution in [-0.4, -0.2) is 17.6 Å². The van der Waals surface area contributed by atoms with E-state index in [1.807, 2.05) is 11.3 Å². The van der Waals surface area contributed by atoms with Crippen LogP contribution in [0.15, 0.2) is 0 Å². The third-order valence-corrected chi connectivity index (χ3v) is 5.25. The molecule has 0 spiro atoms. The van der Waals surface area contributed by atoms with Crippen molar-refractivity contribution in [2.24, 2.45) is 11.7 Å². The van der Waals surface area contributed by atoms with Crippen LogP contribution in [-0.2, 0) is 13.0 Å². The monoisotopic (exact) mass is 251 g/mol. The highest BCUT2D eigenvalue weighted by Crippen LogP contribution is 2.42. The molecule has 0 radical (unpaired) electrons. The standard InChI is InChI=1S/C13H21N3S/c1-2-3-11-12(7-14)17-13(15-11)16-8-9-4-5-10(16)6-9/h9-10H,2-8,14H2,1H3. The van der Waals surface area contributed by atoms with Gasteiger partial charge in [0.2, 0.25) is 0 Å². The molecule has 1 saturated heterocycles. The van der Waals surface area contributed by atoms with Gasteiger partial charge in [-0.3, -0.25) is 0 Å². The van der Waals surface area contributed by atoms with Gasteiger partial charge < -0.3 is 10.6 Å². The number of nitrogens with zero attached hydrogens (tertiary/aromatic N) is 2. The van der Waals surface area contributed by atoms with Crippen LogP contribution in [0.25, 0.3) is 0 Å². The van der Waals surface area contributed by atoms with Crippen molar-refractivity contribution in [3.63, 3.8) is 0 Å². The fourth-order valence-electron chi connectivity index (χ4n) is 3.24. The predicted molar refractivity (Wildman–Crippen MR) is 72.5 cm³/mol. The lowest BCUT2D eigenvalue weighted by Crippen LogP contribution is -2.31. The SMILES string of the molecule is CCCc1nc(N2CC3CCC2C3)sc1CN. The van der Waals surface area contributed by atoms with Crippen LogP contribution in [0.3, 0.4) is 0 Å². The van der Waals surface area contributed by atoms with Gasteiger partial charge in [0.05, 0.1) is 5.69 Å². The Labute approximate surface area is 107 Å². The molecule has 2 bridgehead atoms. The lowest BCUT2D eigenvalue weighted by molar-refractivity contribution is 0.552. The lowest BCUT2D eigenvalue weighted by atomic mass is 10.1. The van der Waals surface area contributed by atoms with E-state index in [4.69, 9.17) is 10.7 Å². The highest BCUT2D eigenvalue weighted by Gasteiger charge is 2.39. The molecule has 1 aromatic heterocycles. The van der Waals surface area contributed by atoms with Gasteiger partial charge >= 0.3 is 0 Å². The maximum atomic E-state index is 5.82. The zero-order valence-corrected chi connectivity index (χ0v) is 11.3. The largest absolute Gasteiger partial charge is 0.345 e. The van der Waals surface area contributed by atoms with Gasteiger partial charge in [0.25, 0.3) is 0 Å². The van der Waals surface area contributed by atoms with E-state index in [0.717, 1.165) is 24.8 Å². The van der Waals surface area contributed by atoms with Crippen LogP contribution >= 0.6 is 11.3 Å². The topological polar surface area (TPSA) is 42.2 Å². The molecular weight excluding hydrogens is 230 g/mol. The second-order valence-corrected chi connectivity index (χ2v) is 6.37. The minimum Gasteiger partial charge on any atom is -0.345 e. The zero-order valence-electron chi connectivity index (χ0n) is 10.5. The molecule has 3 nitrogen and oxygen atoms in total. The van der Waals surface area contributed by atoms with Crippen LogP contribution in [0.2, 0.25) is 0 Å². The molecule has 2 unspecified atom stereocenters. The molecule has 2 atom stereocenters. The predicted octanol–water partition coefficient (Wildman–Crippen LogP) is 2.54. The van der Waals surface area contributed by atoms with Crippen molar-refractivity contribution >= 4 is 16.5 Å². The van der Waals surface area contributed by atoms with Crippen molar-refractivity contribution in [2.45, 2.75) is 51.6 Å². The quantitative estimate of drug-likeness (QED) is 0.894. The van der Waals surface area contributed by atoms with Crippen LogP contribution in [0.5, 0.6) is 0 Å². The van der Waals surface area contributed by atoms with E-state index in [-0.39, 0.29) is 0 Å². The van der Waals surface area contributed by atoms with Gasteiger partial charge in [-0.15, -0.1) is 11.3 Å². The molecule has 2 aliphatic rings. The van der Waals surface area contributed by atoms with E-state index in [2.05, 4.69) is 11.8 Å². The molecule has 17 heavy (non-hydrogen) atoms. The summed E-state index contributed by atoms with van der Waals surface area (Å²) in [6.45, 7) is 4.08. The number of hydrogen-bond donors (Lipinski definition) is 1. The Kier molecular flexibility index (Phi) is 3.09. The van der Waals surface area contributed by atoms with Crippen molar-refractivity contribution in [2.75, 3.05) is 11.4 Å². The van der Waals surface area contributed by atoms with Gasteiger partial charge in [0, 0.05) is 24.0 Å². The summed E-state index contributed by atoms with van der Waals surface area (Å²) >= 11 is 1.83. The first-order valence-corrected chi connectivity index (χ1v) is 7.58. The minimum absolute atomic E-state index is 0.648. The summed E-state index contributed by atoms with van der Waals surface area (Å²) in [5, 5.41) is 1.24. The van der Waals surface area contributed by atoms with E-state index >= 15 is 0 Å². The first-order valence-electron chi connectivity index (χ1n) is 6.77. The average molecular weight is 251 g/mol. The van der Waals surface area contributed by atoms with Crippen molar-refractivity contribution in [3.8, 4) is 0 Å². The first kappa shape index (κ1) is 11.5. The molecule has 0 aromatic carbocycles. The van der Waals surface area contributed by atoms with Gasteiger partial charge in [-0.1, -0.05) is 13.3 Å². The summed E-state index contributed by atoms with van der Waals surface area (Å²) in [5.74, 6) is 0.930. The Balaban J connectivity index is 1.83. The smallest absolute Gasteiger partial charge is 0.186 e. The van der Waals surface area contributed by atoms with Crippen molar-refractivity contribution in [3.05, 3.63) is 10.6 Å². The minimum atomic E-state index is 0.648. The molecule has 1 aliphatic heterocycles. The van der Waals surface area contributed by atoms with Crippen LogP contribution in [0.1, 0.15) is 43.2 Å². The normalized spacial score (nSPS) is 27.1. The van der Waals surface area contributed by atoms with Gasteiger partial charge in [-0.25, -0.2) is 4.98 Å². The fourth-order valence-corrected chi connectivity index (χ4v) is 4.31. The summed E-state index contributed by atoms with van der Waals surface area (Å²) < 4.78 is 0. The third-order valence-electron chi connectivity index (χ3n) is 4.09. The molecular formula is C13H21N3S. The summed E-state index contributed by atoms with van der Waals surface area (Å²) in [4.78, 5) is 8.67. The molecule has 0 amide bonds. The number of thiazole rings is 1. The van der Waals surface area contributed by atoms with E-state index < -0.39 is 0 Å². The molecule has 1 aromatic rings. The maximum Gasteiger partial charge on any atom is 0.186 e. The van der Waals surface area contributed by atoms with E-state index in [9.17, 15) is 0 Å². The van der Waals surface area contributed by atoms with E-state index in [0.29, 0.717) is 6.54 Å². The number of fused-ring (bicyclic) bond motifs is 2. The number of nitrogens with two attached hydrogens (primary N) is 1. The highest BCUT2D eigenvalue weighted by atomic mass is 32.1. The number of rotatable bonds is 4. The number of anilines is 1. The van der Waals surface area contributed by atoms with Gasteiger partial charge in [0.1, 0.15) is 0 Å². The average Bonchev–Trinajstić information content (AvgIpc) is 3.02. The van der Waals surface area contributed by atoms with Crippen LogP contribution in [0.4, 0.5) is 5.13 Å². The second kappa shape index (κ2) is 4.58. The second-order valence-electron chi connectivity index (χ2n) is 5.31. The zero-order chi connectivity index (χ0) is 11.8. The maximum absolute atomic E-state index is 5.82. The number of aromatic nitrogens is 1. The van der Waals surface area contributed by atoms with Crippen molar-refractivity contribution in [1.29, 1.82) is 0 Å². The van der Waals surface area contributed by atoms with Crippen molar-refractivity contribution in [1.82, 2.24) is 4.98 Å². The molecule has 1 saturated carbocycles. The van der Waals surface area contributed by atoms with E-state index in [1.54, 1.807) is 0 Å². The molecule has 1 aliphatic carbocycles. The number of hydrogen-bond acceptors (Lipinski definition) is 4. The number of aryl methyl sites for hydroxylation is 1. The Morgan fingerprint density at radius 3 is 2.94 bits per heavy atom. The molecule has 2 heterocycles. The Hall–Kier alpha value is -0.610. The van der Waals surface area contributed by atoms with Crippen molar-refractivity contribution < 1.29 is 0 Å². The summed E-state index contributed by atoms with van der Waals surface area (Å²) in [7, 11) is 0. The molecule has 94 valence electrons. The van der Waals surface area contributed by atoms with Crippen LogP contribution < -0.4 is 10.6 Å². The van der Waals surface area contributed by atoms with Gasteiger partial charge in [-0.05, 0) is 31.6 Å². The summed E-state index contributed by atoms with van der Waals surface area (Å²) in [5.41, 5.74) is 7.07. The van der Waals surface area contributed by atoms with Gasteiger partial charge in [0.15, 0.2) is 5.13 Å². The Bertz CT molecular complexity index is 401. The Morgan fingerprint density at radius 1 is 1.47 bits per heavy atom. The Morgan fingerprint density at radius 2 is 2.35 bits per heavy atom. The third kappa shape index (κ3) is 1.97. The molecule has 2 N–H and O–H groups in total. The summed E-state index contributed by atoms with van der Waals surface area (Å²) in [6, 6.07) is 0.770. The lowest BCUT2D eigenvalue weighted by Gasteiger charge is -2.26. The molecule has 3 rings (SSSR count). The van der Waals surface area contributed by atoms with Crippen LogP contribution in [0, 0.1) is 5.92 Å². The highest BCUT2D eigenvalue weighted by molar-refractivity contribution is 7.15. The summed E-state index contributed by atoms with van der Waals surface area (Å²) in [6.07, 6.45) is 6.41. The van der Waals surface area contributed by atoms with E-state index in [1.165, 1.54) is 41.5 Å². The number of piperidine rings is 1. The first-order chi connectivity index (χ1) is 8.31.